The summed E-state index contributed by atoms with van der Waals surface area (Å²) >= 11 is 0. The van der Waals surface area contributed by atoms with Crippen molar-refractivity contribution in [3.05, 3.63) is 34.3 Å². The van der Waals surface area contributed by atoms with E-state index in [-0.39, 0.29) is 18.0 Å². The van der Waals surface area contributed by atoms with E-state index in [4.69, 9.17) is 9.15 Å². The second-order valence-electron chi connectivity index (χ2n) is 4.40. The van der Waals surface area contributed by atoms with Gasteiger partial charge in [-0.15, -0.1) is 0 Å². The van der Waals surface area contributed by atoms with Gasteiger partial charge in [0.1, 0.15) is 6.04 Å². The Morgan fingerprint density at radius 1 is 1.40 bits per heavy atom. The van der Waals surface area contributed by atoms with Crippen LogP contribution in [0.25, 0.3) is 11.1 Å². The first kappa shape index (κ1) is 14.0. The standard InChI is InChI=1S/C14H15NO5/c1-4-19-13(17)8(2)15-11-6-5-10(9(3)16)7-12(11)20-14(15)18/h5-8H,4H2,1-3H3. The zero-order valence-electron chi connectivity index (χ0n) is 11.5. The van der Waals surface area contributed by atoms with Crippen LogP contribution in [0, 0.1) is 0 Å². The van der Waals surface area contributed by atoms with E-state index in [1.54, 1.807) is 26.0 Å². The number of aromatic nitrogens is 1. The Morgan fingerprint density at radius 3 is 2.70 bits per heavy atom. The normalized spacial score (nSPS) is 12.3. The summed E-state index contributed by atoms with van der Waals surface area (Å²) in [5.74, 6) is -1.28. The third kappa shape index (κ3) is 2.36. The predicted molar refractivity (Wildman–Crippen MR) is 71.8 cm³/mol. The third-order valence-corrected chi connectivity index (χ3v) is 3.03. The second kappa shape index (κ2) is 5.32. The van der Waals surface area contributed by atoms with Gasteiger partial charge in [-0.2, -0.15) is 0 Å². The average molecular weight is 277 g/mol. The summed E-state index contributed by atoms with van der Waals surface area (Å²) in [4.78, 5) is 34.9. The highest BCUT2D eigenvalue weighted by Gasteiger charge is 2.22. The summed E-state index contributed by atoms with van der Waals surface area (Å²) < 4.78 is 11.2. The van der Waals surface area contributed by atoms with Crippen molar-refractivity contribution in [2.24, 2.45) is 0 Å². The number of rotatable bonds is 4. The van der Waals surface area contributed by atoms with Crippen LogP contribution in [0.1, 0.15) is 37.2 Å². The molecule has 0 amide bonds. The summed E-state index contributed by atoms with van der Waals surface area (Å²) in [6.07, 6.45) is 0. The van der Waals surface area contributed by atoms with E-state index >= 15 is 0 Å². The number of Topliss-reactive ketones (excluding diaryl/α,β-unsaturated/α-hetero) is 1. The number of hydrogen-bond acceptors (Lipinski definition) is 5. The third-order valence-electron chi connectivity index (χ3n) is 3.03. The zero-order chi connectivity index (χ0) is 14.9. The molecule has 2 aromatic rings. The molecule has 0 saturated carbocycles. The quantitative estimate of drug-likeness (QED) is 0.630. The molecule has 0 fully saturated rings. The van der Waals surface area contributed by atoms with Gasteiger partial charge in [0.15, 0.2) is 11.4 Å². The number of carbonyl (C=O) groups is 2. The molecule has 1 unspecified atom stereocenters. The summed E-state index contributed by atoms with van der Waals surface area (Å²) in [7, 11) is 0. The molecule has 0 aliphatic rings. The lowest BCUT2D eigenvalue weighted by atomic mass is 10.1. The van der Waals surface area contributed by atoms with E-state index < -0.39 is 17.8 Å². The molecule has 2 rings (SSSR count). The number of nitrogens with zero attached hydrogens (tertiary/aromatic N) is 1. The maximum absolute atomic E-state index is 11.9. The first-order valence-electron chi connectivity index (χ1n) is 6.28. The summed E-state index contributed by atoms with van der Waals surface area (Å²) in [5, 5.41) is 0. The molecule has 6 heteroatoms. The van der Waals surface area contributed by atoms with Gasteiger partial charge >= 0.3 is 11.7 Å². The number of benzene rings is 1. The fourth-order valence-electron chi connectivity index (χ4n) is 1.99. The van der Waals surface area contributed by atoms with E-state index in [0.29, 0.717) is 11.1 Å². The van der Waals surface area contributed by atoms with Crippen molar-refractivity contribution in [1.29, 1.82) is 0 Å². The summed E-state index contributed by atoms with van der Waals surface area (Å²) in [5.41, 5.74) is 1.18. The van der Waals surface area contributed by atoms with E-state index in [9.17, 15) is 14.4 Å². The molecule has 6 nitrogen and oxygen atoms in total. The lowest BCUT2D eigenvalue weighted by Crippen LogP contribution is -2.26. The number of ether oxygens (including phenoxy) is 1. The van der Waals surface area contributed by atoms with Crippen LogP contribution in [0.2, 0.25) is 0 Å². The molecule has 1 atom stereocenters. The minimum atomic E-state index is -0.785. The number of carbonyl (C=O) groups excluding carboxylic acids is 2. The fraction of sp³-hybridized carbons (Fsp3) is 0.357. The van der Waals surface area contributed by atoms with Crippen molar-refractivity contribution in [1.82, 2.24) is 4.57 Å². The van der Waals surface area contributed by atoms with E-state index in [1.165, 1.54) is 17.6 Å². The molecule has 0 radical (unpaired) electrons. The van der Waals surface area contributed by atoms with Crippen molar-refractivity contribution >= 4 is 22.9 Å². The maximum atomic E-state index is 11.9. The average Bonchev–Trinajstić information content (AvgIpc) is 2.72. The molecule has 0 spiro atoms. The van der Waals surface area contributed by atoms with Crippen molar-refractivity contribution in [3.63, 3.8) is 0 Å². The Kier molecular flexibility index (Phi) is 3.74. The van der Waals surface area contributed by atoms with Crippen LogP contribution in [-0.2, 0) is 9.53 Å². The van der Waals surface area contributed by atoms with Crippen LogP contribution in [-0.4, -0.2) is 22.9 Å². The topological polar surface area (TPSA) is 78.5 Å². The van der Waals surface area contributed by atoms with Crippen LogP contribution in [0.3, 0.4) is 0 Å². The summed E-state index contributed by atoms with van der Waals surface area (Å²) in [6, 6.07) is 3.89. The Balaban J connectivity index is 2.54. The van der Waals surface area contributed by atoms with Gasteiger partial charge in [-0.05, 0) is 39.0 Å². The number of ketones is 1. The van der Waals surface area contributed by atoms with Crippen LogP contribution in [0.15, 0.2) is 27.4 Å². The van der Waals surface area contributed by atoms with Crippen molar-refractivity contribution in [3.8, 4) is 0 Å². The molecule has 1 heterocycles. The van der Waals surface area contributed by atoms with Crippen LogP contribution in [0.4, 0.5) is 0 Å². The Morgan fingerprint density at radius 2 is 2.10 bits per heavy atom. The SMILES string of the molecule is CCOC(=O)C(C)n1c(=O)oc2cc(C(C)=O)ccc21. The minimum absolute atomic E-state index is 0.124. The van der Waals surface area contributed by atoms with Gasteiger partial charge in [-0.3, -0.25) is 9.36 Å². The van der Waals surface area contributed by atoms with Gasteiger partial charge in [-0.1, -0.05) is 0 Å². The Labute approximate surface area is 114 Å². The number of esters is 1. The molecular formula is C14H15NO5. The van der Waals surface area contributed by atoms with Gasteiger partial charge < -0.3 is 9.15 Å². The van der Waals surface area contributed by atoms with Crippen LogP contribution >= 0.6 is 0 Å². The van der Waals surface area contributed by atoms with Gasteiger partial charge in [0.25, 0.3) is 0 Å². The molecule has 1 aromatic carbocycles. The first-order chi connectivity index (χ1) is 9.45. The van der Waals surface area contributed by atoms with Crippen LogP contribution < -0.4 is 5.76 Å². The minimum Gasteiger partial charge on any atom is -0.464 e. The lowest BCUT2D eigenvalue weighted by molar-refractivity contribution is -0.146. The fourth-order valence-corrected chi connectivity index (χ4v) is 1.99. The number of fused-ring (bicyclic) bond motifs is 1. The molecule has 20 heavy (non-hydrogen) atoms. The highest BCUT2D eigenvalue weighted by Crippen LogP contribution is 2.19. The molecular weight excluding hydrogens is 262 g/mol. The monoisotopic (exact) mass is 277 g/mol. The molecule has 0 bridgehead atoms. The maximum Gasteiger partial charge on any atom is 0.420 e. The van der Waals surface area contributed by atoms with Gasteiger partial charge in [-0.25, -0.2) is 9.59 Å². The molecule has 0 saturated heterocycles. The first-order valence-corrected chi connectivity index (χ1v) is 6.28. The number of oxazole rings is 1. The largest absolute Gasteiger partial charge is 0.464 e. The van der Waals surface area contributed by atoms with E-state index in [2.05, 4.69) is 0 Å². The number of hydrogen-bond donors (Lipinski definition) is 0. The van der Waals surface area contributed by atoms with Crippen molar-refractivity contribution in [2.45, 2.75) is 26.8 Å². The van der Waals surface area contributed by atoms with E-state index in [0.717, 1.165) is 0 Å². The smallest absolute Gasteiger partial charge is 0.420 e. The highest BCUT2D eigenvalue weighted by atomic mass is 16.5. The molecule has 0 N–H and O–H groups in total. The molecule has 0 aliphatic heterocycles. The Bertz CT molecular complexity index is 725. The van der Waals surface area contributed by atoms with Gasteiger partial charge in [0.2, 0.25) is 0 Å². The van der Waals surface area contributed by atoms with E-state index in [1.807, 2.05) is 0 Å². The lowest BCUT2D eigenvalue weighted by Gasteiger charge is -2.11. The van der Waals surface area contributed by atoms with Crippen molar-refractivity contribution < 1.29 is 18.7 Å². The Hall–Kier alpha value is -2.37. The summed E-state index contributed by atoms with van der Waals surface area (Å²) in [6.45, 7) is 4.92. The predicted octanol–water partition coefficient (Wildman–Crippen LogP) is 1.92. The van der Waals surface area contributed by atoms with Crippen molar-refractivity contribution in [2.75, 3.05) is 6.61 Å². The second-order valence-corrected chi connectivity index (χ2v) is 4.40. The molecule has 106 valence electrons. The highest BCUT2D eigenvalue weighted by molar-refractivity contribution is 5.97. The van der Waals surface area contributed by atoms with Gasteiger partial charge in [0.05, 0.1) is 12.1 Å². The molecule has 0 aliphatic carbocycles. The molecule has 1 aromatic heterocycles. The van der Waals surface area contributed by atoms with Crippen LogP contribution in [0.5, 0.6) is 0 Å². The van der Waals surface area contributed by atoms with Gasteiger partial charge in [0, 0.05) is 5.56 Å². The zero-order valence-corrected chi connectivity index (χ0v) is 11.5.